The Hall–Kier alpha value is -3.09. The number of halogens is 4. The highest BCUT2D eigenvalue weighted by Gasteiger charge is 2.34. The van der Waals surface area contributed by atoms with Crippen molar-refractivity contribution in [1.82, 2.24) is 0 Å². The van der Waals surface area contributed by atoms with E-state index in [-0.39, 0.29) is 17.1 Å². The number of allylic oxidation sites excluding steroid dienone is 2. The van der Waals surface area contributed by atoms with E-state index in [1.54, 1.807) is 0 Å². The summed E-state index contributed by atoms with van der Waals surface area (Å²) in [4.78, 5) is 11.8. The van der Waals surface area contributed by atoms with Gasteiger partial charge in [-0.3, -0.25) is 4.79 Å². The maximum absolute atomic E-state index is 13.9. The average Bonchev–Trinajstić information content (AvgIpc) is 2.59. The van der Waals surface area contributed by atoms with E-state index in [0.29, 0.717) is 11.6 Å². The van der Waals surface area contributed by atoms with Gasteiger partial charge in [0.1, 0.15) is 5.82 Å². The molecule has 0 amide bonds. The van der Waals surface area contributed by atoms with Crippen molar-refractivity contribution < 1.29 is 32.2 Å². The first kappa shape index (κ1) is 19.2. The van der Waals surface area contributed by atoms with Gasteiger partial charge >= 0.3 is 6.18 Å². The molecule has 2 aromatic rings. The summed E-state index contributed by atoms with van der Waals surface area (Å²) in [6.07, 6.45) is -0.276. The van der Waals surface area contributed by atoms with Gasteiger partial charge in [-0.15, -0.1) is 0 Å². The lowest BCUT2D eigenvalue weighted by atomic mass is 10.1. The second kappa shape index (κ2) is 7.86. The fourth-order valence-corrected chi connectivity index (χ4v) is 2.10. The van der Waals surface area contributed by atoms with Crippen LogP contribution in [0, 0.1) is 5.82 Å². The maximum atomic E-state index is 13.9. The van der Waals surface area contributed by atoms with Gasteiger partial charge in [0.15, 0.2) is 17.3 Å². The number of alkyl halides is 3. The summed E-state index contributed by atoms with van der Waals surface area (Å²) in [5.74, 6) is -1.82. The summed E-state index contributed by atoms with van der Waals surface area (Å²) in [5.41, 5.74) is -1.17. The van der Waals surface area contributed by atoms with Crippen molar-refractivity contribution in [2.24, 2.45) is 0 Å². The van der Waals surface area contributed by atoms with Crippen LogP contribution in [0.2, 0.25) is 0 Å². The van der Waals surface area contributed by atoms with E-state index in [2.05, 4.69) is 0 Å². The van der Waals surface area contributed by atoms with Crippen molar-refractivity contribution >= 4 is 17.9 Å². The van der Waals surface area contributed by atoms with Gasteiger partial charge in [0.2, 0.25) is 0 Å². The molecule has 1 N–H and O–H groups in total. The molecule has 0 aromatic heterocycles. The lowest BCUT2D eigenvalue weighted by molar-refractivity contribution is -0.140. The van der Waals surface area contributed by atoms with Gasteiger partial charge < -0.3 is 9.84 Å². The predicted molar refractivity (Wildman–Crippen MR) is 89.1 cm³/mol. The second-order valence-corrected chi connectivity index (χ2v) is 5.21. The predicted octanol–water partition coefficient (Wildman–Crippen LogP) is 4.85. The summed E-state index contributed by atoms with van der Waals surface area (Å²) < 4.78 is 56.8. The topological polar surface area (TPSA) is 46.5 Å². The lowest BCUT2D eigenvalue weighted by Crippen LogP contribution is -2.08. The van der Waals surface area contributed by atoms with Crippen molar-refractivity contribution in [3.05, 3.63) is 71.1 Å². The highest BCUT2D eigenvalue weighted by Crippen LogP contribution is 2.32. The van der Waals surface area contributed by atoms with Gasteiger partial charge in [0.25, 0.3) is 0 Å². The number of carbonyl (C=O) groups excluding carboxylic acids is 1. The summed E-state index contributed by atoms with van der Waals surface area (Å²) in [5, 5.41) is 9.49. The van der Waals surface area contributed by atoms with Gasteiger partial charge in [0.05, 0.1) is 12.7 Å². The number of benzene rings is 2. The van der Waals surface area contributed by atoms with Gasteiger partial charge in [-0.25, -0.2) is 4.39 Å². The second-order valence-electron chi connectivity index (χ2n) is 5.21. The largest absolute Gasteiger partial charge is 0.504 e. The van der Waals surface area contributed by atoms with Crippen LogP contribution in [0.5, 0.6) is 11.5 Å². The van der Waals surface area contributed by atoms with E-state index in [4.69, 9.17) is 4.74 Å². The van der Waals surface area contributed by atoms with Crippen LogP contribution in [0.15, 0.2) is 48.6 Å². The van der Waals surface area contributed by atoms with Crippen LogP contribution in [0.3, 0.4) is 0 Å². The van der Waals surface area contributed by atoms with Crippen molar-refractivity contribution in [3.8, 4) is 11.5 Å². The third-order valence-electron chi connectivity index (χ3n) is 3.40. The van der Waals surface area contributed by atoms with Crippen LogP contribution < -0.4 is 4.74 Å². The third-order valence-corrected chi connectivity index (χ3v) is 3.40. The highest BCUT2D eigenvalue weighted by molar-refractivity contribution is 6.04. The molecule has 0 aliphatic heterocycles. The summed E-state index contributed by atoms with van der Waals surface area (Å²) in [7, 11) is 1.38. The molecular weight excluding hydrogens is 352 g/mol. The number of phenols is 1. The van der Waals surface area contributed by atoms with E-state index in [1.807, 2.05) is 0 Å². The fourth-order valence-electron chi connectivity index (χ4n) is 2.10. The van der Waals surface area contributed by atoms with E-state index < -0.39 is 23.3 Å². The van der Waals surface area contributed by atoms with E-state index in [9.17, 15) is 27.5 Å². The molecular formula is C19H14F4O3. The van der Waals surface area contributed by atoms with Gasteiger partial charge in [-0.1, -0.05) is 24.3 Å². The number of carbonyl (C=O) groups is 1. The molecule has 136 valence electrons. The van der Waals surface area contributed by atoms with Crippen LogP contribution in [0.25, 0.3) is 12.2 Å². The van der Waals surface area contributed by atoms with Gasteiger partial charge in [-0.2, -0.15) is 13.2 Å². The zero-order chi connectivity index (χ0) is 19.3. The molecule has 0 aliphatic rings. The molecule has 0 saturated heterocycles. The van der Waals surface area contributed by atoms with Crippen molar-refractivity contribution in [1.29, 1.82) is 0 Å². The number of phenolic OH excluding ortho intramolecular Hbond substituents is 1. The Kier molecular flexibility index (Phi) is 5.82. The first-order valence-electron chi connectivity index (χ1n) is 7.35. The van der Waals surface area contributed by atoms with Gasteiger partial charge in [0, 0.05) is 5.56 Å². The summed E-state index contributed by atoms with van der Waals surface area (Å²) in [6.45, 7) is 0. The maximum Gasteiger partial charge on any atom is 0.419 e. The Morgan fingerprint density at radius 1 is 1.12 bits per heavy atom. The number of hydrogen-bond acceptors (Lipinski definition) is 3. The molecule has 0 bridgehead atoms. The molecule has 2 aromatic carbocycles. The molecule has 7 heteroatoms. The Labute approximate surface area is 146 Å². The van der Waals surface area contributed by atoms with Crippen LogP contribution >= 0.6 is 0 Å². The number of aromatic hydroxyl groups is 1. The molecule has 0 radical (unpaired) electrons. The minimum atomic E-state index is -4.81. The van der Waals surface area contributed by atoms with E-state index in [1.165, 1.54) is 31.4 Å². The number of rotatable bonds is 5. The standard InChI is InChI=1S/C19H14F4O3/c1-26-17-11-12(6-10-16(17)25)5-8-14(24)9-7-13-3-2-4-15(18(13)20)19(21,22)23/h2-11,25H,1H3/b8-5+,9-7+. The molecule has 0 atom stereocenters. The zero-order valence-electron chi connectivity index (χ0n) is 13.5. The highest BCUT2D eigenvalue weighted by atomic mass is 19.4. The van der Waals surface area contributed by atoms with Crippen LogP contribution in [-0.4, -0.2) is 18.0 Å². The minimum absolute atomic E-state index is 0.0594. The number of ketones is 1. The Bertz CT molecular complexity index is 868. The van der Waals surface area contributed by atoms with E-state index >= 15 is 0 Å². The quantitative estimate of drug-likeness (QED) is 0.608. The fraction of sp³-hybridized carbons (Fsp3) is 0.105. The lowest BCUT2D eigenvalue weighted by Gasteiger charge is -2.08. The Morgan fingerprint density at radius 3 is 2.46 bits per heavy atom. The monoisotopic (exact) mass is 366 g/mol. The molecule has 3 nitrogen and oxygen atoms in total. The molecule has 0 fully saturated rings. The van der Waals surface area contributed by atoms with Crippen molar-refractivity contribution in [3.63, 3.8) is 0 Å². The summed E-state index contributed by atoms with van der Waals surface area (Å²) >= 11 is 0. The SMILES string of the molecule is COc1cc(/C=C/C(=O)/C=C/c2cccc(C(F)(F)F)c2F)ccc1O. The molecule has 0 spiro atoms. The van der Waals surface area contributed by atoms with Crippen molar-refractivity contribution in [2.45, 2.75) is 6.18 Å². The Balaban J connectivity index is 2.15. The zero-order valence-corrected chi connectivity index (χ0v) is 13.5. The van der Waals surface area contributed by atoms with E-state index in [0.717, 1.165) is 30.4 Å². The minimum Gasteiger partial charge on any atom is -0.504 e. The Morgan fingerprint density at radius 2 is 1.81 bits per heavy atom. The molecule has 0 aliphatic carbocycles. The van der Waals surface area contributed by atoms with Crippen LogP contribution in [-0.2, 0) is 11.0 Å². The smallest absolute Gasteiger partial charge is 0.419 e. The number of hydrogen-bond donors (Lipinski definition) is 1. The first-order chi connectivity index (χ1) is 12.2. The summed E-state index contributed by atoms with van der Waals surface area (Å²) in [6, 6.07) is 7.26. The average molecular weight is 366 g/mol. The first-order valence-corrected chi connectivity index (χ1v) is 7.35. The molecule has 26 heavy (non-hydrogen) atoms. The number of ether oxygens (including phenoxy) is 1. The molecule has 0 saturated carbocycles. The molecule has 0 heterocycles. The van der Waals surface area contributed by atoms with Crippen LogP contribution in [0.4, 0.5) is 17.6 Å². The molecule has 0 unspecified atom stereocenters. The van der Waals surface area contributed by atoms with Crippen LogP contribution in [0.1, 0.15) is 16.7 Å². The molecule has 2 rings (SSSR count). The number of methoxy groups -OCH3 is 1. The normalized spacial score (nSPS) is 12.0. The van der Waals surface area contributed by atoms with Crippen molar-refractivity contribution in [2.75, 3.05) is 7.11 Å². The van der Waals surface area contributed by atoms with Gasteiger partial charge in [-0.05, 0) is 42.0 Å². The third kappa shape index (κ3) is 4.72.